The first-order chi connectivity index (χ1) is 8.22. The molecule has 1 rings (SSSR count). The van der Waals surface area contributed by atoms with E-state index >= 15 is 0 Å². The van der Waals surface area contributed by atoms with Crippen molar-refractivity contribution in [3.05, 3.63) is 11.8 Å². The highest BCUT2D eigenvalue weighted by Crippen LogP contribution is 2.17. The normalized spacial score (nSPS) is 10.4. The van der Waals surface area contributed by atoms with Crippen LogP contribution in [0.1, 0.15) is 25.8 Å². The summed E-state index contributed by atoms with van der Waals surface area (Å²) in [5.41, 5.74) is 1.06. The van der Waals surface area contributed by atoms with Crippen LogP contribution in [0.2, 0.25) is 0 Å². The van der Waals surface area contributed by atoms with Gasteiger partial charge >= 0.3 is 0 Å². The van der Waals surface area contributed by atoms with Crippen molar-refractivity contribution in [2.45, 2.75) is 27.2 Å². The predicted molar refractivity (Wildman–Crippen MR) is 70.5 cm³/mol. The maximum absolute atomic E-state index is 8.89. The van der Waals surface area contributed by atoms with E-state index < -0.39 is 0 Å². The number of anilines is 2. The molecule has 1 heterocycles. The van der Waals surface area contributed by atoms with Crippen molar-refractivity contribution < 1.29 is 5.11 Å². The molecule has 0 atom stereocenters. The molecule has 17 heavy (non-hydrogen) atoms. The fraction of sp³-hybridized carbons (Fsp3) is 0.667. The van der Waals surface area contributed by atoms with Gasteiger partial charge in [0.1, 0.15) is 5.82 Å². The monoisotopic (exact) mass is 238 g/mol. The van der Waals surface area contributed by atoms with E-state index in [-0.39, 0.29) is 6.61 Å². The smallest absolute Gasteiger partial charge is 0.224 e. The van der Waals surface area contributed by atoms with E-state index in [0.717, 1.165) is 37.4 Å². The Kier molecular flexibility index (Phi) is 5.69. The number of aromatic nitrogens is 2. The van der Waals surface area contributed by atoms with Gasteiger partial charge in [-0.1, -0.05) is 0 Å². The summed E-state index contributed by atoms with van der Waals surface area (Å²) in [4.78, 5) is 10.9. The summed E-state index contributed by atoms with van der Waals surface area (Å²) in [5, 5.41) is 12.0. The molecule has 2 N–H and O–H groups in total. The molecular formula is C12H22N4O. The van der Waals surface area contributed by atoms with Crippen LogP contribution in [-0.4, -0.2) is 41.3 Å². The largest absolute Gasteiger partial charge is 0.396 e. The van der Waals surface area contributed by atoms with E-state index in [1.807, 2.05) is 20.0 Å². The van der Waals surface area contributed by atoms with Gasteiger partial charge in [-0.15, -0.1) is 0 Å². The molecular weight excluding hydrogens is 216 g/mol. The number of aliphatic hydroxyl groups excluding tert-OH is 1. The second kappa shape index (κ2) is 7.06. The number of nitrogens with one attached hydrogen (secondary N) is 1. The molecule has 0 saturated heterocycles. The molecule has 0 aliphatic carbocycles. The summed E-state index contributed by atoms with van der Waals surface area (Å²) in [7, 11) is 0. The molecule has 0 aliphatic heterocycles. The standard InChI is InChI=1S/C12H22N4O/c1-4-13-12-14-9-10(3)11(15-12)16(5-2)7-6-8-17/h9,17H,4-8H2,1-3H3,(H,13,14,15). The molecule has 0 fully saturated rings. The summed E-state index contributed by atoms with van der Waals surface area (Å²) in [6.07, 6.45) is 2.59. The van der Waals surface area contributed by atoms with Crippen LogP contribution >= 0.6 is 0 Å². The molecule has 1 aromatic rings. The second-order valence-electron chi connectivity index (χ2n) is 3.89. The van der Waals surface area contributed by atoms with E-state index in [4.69, 9.17) is 5.11 Å². The van der Waals surface area contributed by atoms with Gasteiger partial charge in [-0.3, -0.25) is 0 Å². The third-order valence-corrected chi connectivity index (χ3v) is 2.55. The van der Waals surface area contributed by atoms with Crippen LogP contribution in [0.25, 0.3) is 0 Å². The summed E-state index contributed by atoms with van der Waals surface area (Å²) in [6, 6.07) is 0. The molecule has 0 aromatic carbocycles. The number of hydrogen-bond donors (Lipinski definition) is 2. The molecule has 0 saturated carbocycles. The van der Waals surface area contributed by atoms with Crippen molar-refractivity contribution in [3.8, 4) is 0 Å². The maximum Gasteiger partial charge on any atom is 0.224 e. The van der Waals surface area contributed by atoms with Crippen molar-refractivity contribution in [3.63, 3.8) is 0 Å². The van der Waals surface area contributed by atoms with Crippen LogP contribution in [0.15, 0.2) is 6.20 Å². The van der Waals surface area contributed by atoms with Crippen molar-refractivity contribution >= 4 is 11.8 Å². The lowest BCUT2D eigenvalue weighted by Gasteiger charge is -2.23. The average Bonchev–Trinajstić information content (AvgIpc) is 2.34. The zero-order valence-electron chi connectivity index (χ0n) is 10.9. The van der Waals surface area contributed by atoms with Gasteiger partial charge in [-0.25, -0.2) is 4.98 Å². The Morgan fingerprint density at radius 3 is 2.76 bits per heavy atom. The Hall–Kier alpha value is -1.36. The van der Waals surface area contributed by atoms with Crippen molar-refractivity contribution in [2.24, 2.45) is 0 Å². The SMILES string of the molecule is CCNc1ncc(C)c(N(CC)CCCO)n1. The Bertz CT molecular complexity index is 343. The average molecular weight is 238 g/mol. The number of nitrogens with zero attached hydrogens (tertiary/aromatic N) is 3. The minimum Gasteiger partial charge on any atom is -0.396 e. The van der Waals surface area contributed by atoms with Gasteiger partial charge in [0.25, 0.3) is 0 Å². The van der Waals surface area contributed by atoms with Gasteiger partial charge in [-0.05, 0) is 27.2 Å². The lowest BCUT2D eigenvalue weighted by molar-refractivity contribution is 0.289. The number of rotatable bonds is 7. The highest BCUT2D eigenvalue weighted by Gasteiger charge is 2.10. The zero-order chi connectivity index (χ0) is 12.7. The predicted octanol–water partition coefficient (Wildman–Crippen LogP) is 1.43. The minimum atomic E-state index is 0.209. The molecule has 96 valence electrons. The summed E-state index contributed by atoms with van der Waals surface area (Å²) in [6.45, 7) is 8.83. The lowest BCUT2D eigenvalue weighted by atomic mass is 10.3. The third kappa shape index (κ3) is 3.85. The van der Waals surface area contributed by atoms with Gasteiger partial charge in [0, 0.05) is 38.0 Å². The highest BCUT2D eigenvalue weighted by molar-refractivity contribution is 5.48. The lowest BCUT2D eigenvalue weighted by Crippen LogP contribution is -2.27. The first kappa shape index (κ1) is 13.7. The molecule has 0 spiro atoms. The van der Waals surface area contributed by atoms with Gasteiger partial charge in [0.2, 0.25) is 5.95 Å². The fourth-order valence-corrected chi connectivity index (χ4v) is 1.67. The van der Waals surface area contributed by atoms with E-state index in [1.165, 1.54) is 0 Å². The Balaban J connectivity index is 2.87. The molecule has 0 aliphatic rings. The molecule has 5 nitrogen and oxygen atoms in total. The van der Waals surface area contributed by atoms with Gasteiger partial charge in [0.15, 0.2) is 0 Å². The topological polar surface area (TPSA) is 61.3 Å². The molecule has 0 bridgehead atoms. The van der Waals surface area contributed by atoms with Crippen molar-refractivity contribution in [1.82, 2.24) is 9.97 Å². The fourth-order valence-electron chi connectivity index (χ4n) is 1.67. The number of hydrogen-bond acceptors (Lipinski definition) is 5. The number of aliphatic hydroxyl groups is 1. The summed E-state index contributed by atoms with van der Waals surface area (Å²) in [5.74, 6) is 1.61. The Morgan fingerprint density at radius 1 is 1.41 bits per heavy atom. The molecule has 0 unspecified atom stereocenters. The van der Waals surface area contributed by atoms with Crippen LogP contribution in [-0.2, 0) is 0 Å². The second-order valence-corrected chi connectivity index (χ2v) is 3.89. The summed E-state index contributed by atoms with van der Waals surface area (Å²) < 4.78 is 0. The van der Waals surface area contributed by atoms with Gasteiger partial charge < -0.3 is 15.3 Å². The third-order valence-electron chi connectivity index (χ3n) is 2.55. The van der Waals surface area contributed by atoms with Crippen LogP contribution in [0.3, 0.4) is 0 Å². The van der Waals surface area contributed by atoms with Crippen LogP contribution in [0, 0.1) is 6.92 Å². The van der Waals surface area contributed by atoms with E-state index in [0.29, 0.717) is 5.95 Å². The van der Waals surface area contributed by atoms with E-state index in [1.54, 1.807) is 0 Å². The highest BCUT2D eigenvalue weighted by atomic mass is 16.3. The molecule has 0 amide bonds. The van der Waals surface area contributed by atoms with E-state index in [9.17, 15) is 0 Å². The van der Waals surface area contributed by atoms with Crippen LogP contribution < -0.4 is 10.2 Å². The van der Waals surface area contributed by atoms with Gasteiger partial charge in [-0.2, -0.15) is 4.98 Å². The van der Waals surface area contributed by atoms with Crippen LogP contribution in [0.4, 0.5) is 11.8 Å². The maximum atomic E-state index is 8.89. The Morgan fingerprint density at radius 2 is 2.18 bits per heavy atom. The molecule has 1 aromatic heterocycles. The Labute approximate surface area is 103 Å². The number of aryl methyl sites for hydroxylation is 1. The van der Waals surface area contributed by atoms with Gasteiger partial charge in [0.05, 0.1) is 0 Å². The van der Waals surface area contributed by atoms with E-state index in [2.05, 4.69) is 27.1 Å². The quantitative estimate of drug-likeness (QED) is 0.752. The molecule has 5 heteroatoms. The minimum absolute atomic E-state index is 0.209. The first-order valence-electron chi connectivity index (χ1n) is 6.16. The molecule has 0 radical (unpaired) electrons. The summed E-state index contributed by atoms with van der Waals surface area (Å²) >= 11 is 0. The van der Waals surface area contributed by atoms with Crippen molar-refractivity contribution in [2.75, 3.05) is 36.5 Å². The van der Waals surface area contributed by atoms with Crippen molar-refractivity contribution in [1.29, 1.82) is 0 Å². The zero-order valence-corrected chi connectivity index (χ0v) is 10.9. The first-order valence-corrected chi connectivity index (χ1v) is 6.16. The van der Waals surface area contributed by atoms with Crippen LogP contribution in [0.5, 0.6) is 0 Å².